The zero-order valence-corrected chi connectivity index (χ0v) is 12.1. The molecule has 0 spiro atoms. The lowest BCUT2D eigenvalue weighted by molar-refractivity contribution is 0.888. The van der Waals surface area contributed by atoms with E-state index in [1.807, 2.05) is 11.4 Å². The van der Waals surface area contributed by atoms with E-state index in [-0.39, 0.29) is 0 Å². The van der Waals surface area contributed by atoms with Gasteiger partial charge in [-0.05, 0) is 37.6 Å². The normalized spacial score (nSPS) is 13.8. The average Bonchev–Trinajstić information content (AvgIpc) is 3.13. The van der Waals surface area contributed by atoms with E-state index in [9.17, 15) is 0 Å². The van der Waals surface area contributed by atoms with Crippen LogP contribution in [0.15, 0.2) is 17.5 Å². The monoisotopic (exact) mass is 285 g/mol. The molecule has 0 radical (unpaired) electrons. The number of rotatable bonds is 3. The smallest absolute Gasteiger partial charge is 0.254 e. The molecule has 20 heavy (non-hydrogen) atoms. The molecule has 102 valence electrons. The lowest BCUT2D eigenvalue weighted by atomic mass is 10.2. The van der Waals surface area contributed by atoms with Gasteiger partial charge in [0, 0.05) is 10.4 Å². The molecule has 0 saturated heterocycles. The molecule has 3 aromatic rings. The van der Waals surface area contributed by atoms with E-state index < -0.39 is 0 Å². The molecule has 0 amide bonds. The van der Waals surface area contributed by atoms with Crippen molar-refractivity contribution in [1.82, 2.24) is 19.6 Å². The maximum Gasteiger partial charge on any atom is 0.254 e. The van der Waals surface area contributed by atoms with Gasteiger partial charge in [-0.3, -0.25) is 0 Å². The molecule has 0 aliphatic heterocycles. The van der Waals surface area contributed by atoms with E-state index in [1.165, 1.54) is 22.6 Å². The summed E-state index contributed by atoms with van der Waals surface area (Å²) in [6.45, 7) is 2.73. The Morgan fingerprint density at radius 2 is 2.30 bits per heavy atom. The molecular weight excluding hydrogens is 270 g/mol. The summed E-state index contributed by atoms with van der Waals surface area (Å²) in [7, 11) is 0. The maximum atomic E-state index is 4.63. The number of anilines is 1. The van der Waals surface area contributed by atoms with E-state index in [0.717, 1.165) is 31.0 Å². The van der Waals surface area contributed by atoms with Crippen molar-refractivity contribution in [1.29, 1.82) is 0 Å². The fourth-order valence-electron chi connectivity index (χ4n) is 2.75. The molecule has 0 bridgehead atoms. The largest absolute Gasteiger partial charge is 0.365 e. The van der Waals surface area contributed by atoms with Gasteiger partial charge in [-0.1, -0.05) is 6.07 Å². The Bertz CT molecular complexity index is 760. The number of aromatic nitrogens is 4. The van der Waals surface area contributed by atoms with Gasteiger partial charge in [0.05, 0.1) is 12.2 Å². The number of hydrogen-bond acceptors (Lipinski definition) is 5. The molecule has 3 heterocycles. The number of nitrogens with one attached hydrogen (secondary N) is 1. The highest BCUT2D eigenvalue weighted by Crippen LogP contribution is 2.28. The van der Waals surface area contributed by atoms with Crippen molar-refractivity contribution in [2.75, 3.05) is 5.32 Å². The van der Waals surface area contributed by atoms with Gasteiger partial charge in [0.1, 0.15) is 11.6 Å². The van der Waals surface area contributed by atoms with Gasteiger partial charge < -0.3 is 5.32 Å². The SMILES string of the molecule is Cc1nc2nc3c(c(NCc4cccs4)n2n1)CCC3. The van der Waals surface area contributed by atoms with Crippen LogP contribution < -0.4 is 5.32 Å². The summed E-state index contributed by atoms with van der Waals surface area (Å²) in [6.07, 6.45) is 3.29. The van der Waals surface area contributed by atoms with Gasteiger partial charge in [-0.15, -0.1) is 16.4 Å². The first-order chi connectivity index (χ1) is 9.81. The Balaban J connectivity index is 1.79. The molecule has 1 aliphatic carbocycles. The summed E-state index contributed by atoms with van der Waals surface area (Å²) in [4.78, 5) is 10.4. The van der Waals surface area contributed by atoms with E-state index in [2.05, 4.69) is 37.9 Å². The number of nitrogens with zero attached hydrogens (tertiary/aromatic N) is 4. The molecule has 1 N–H and O–H groups in total. The van der Waals surface area contributed by atoms with Gasteiger partial charge in [-0.25, -0.2) is 4.98 Å². The van der Waals surface area contributed by atoms with Crippen LogP contribution in [0.1, 0.15) is 28.4 Å². The molecule has 0 fully saturated rings. The minimum absolute atomic E-state index is 0.705. The van der Waals surface area contributed by atoms with E-state index in [0.29, 0.717) is 5.78 Å². The molecule has 0 atom stereocenters. The summed E-state index contributed by atoms with van der Waals surface area (Å²) in [5.74, 6) is 2.54. The summed E-state index contributed by atoms with van der Waals surface area (Å²) in [5, 5.41) is 10.1. The van der Waals surface area contributed by atoms with Crippen LogP contribution >= 0.6 is 11.3 Å². The van der Waals surface area contributed by atoms with Crippen molar-refractivity contribution in [3.63, 3.8) is 0 Å². The van der Waals surface area contributed by atoms with Crippen LogP contribution in [0.4, 0.5) is 5.82 Å². The first-order valence-corrected chi connectivity index (χ1v) is 7.70. The molecule has 0 unspecified atom stereocenters. The molecule has 0 aromatic carbocycles. The second kappa shape index (κ2) is 4.56. The summed E-state index contributed by atoms with van der Waals surface area (Å²) in [5.41, 5.74) is 2.48. The Morgan fingerprint density at radius 3 is 3.15 bits per heavy atom. The molecule has 3 aromatic heterocycles. The van der Waals surface area contributed by atoms with E-state index >= 15 is 0 Å². The Hall–Kier alpha value is -1.95. The van der Waals surface area contributed by atoms with Gasteiger partial charge >= 0.3 is 0 Å². The van der Waals surface area contributed by atoms with Gasteiger partial charge in [0.25, 0.3) is 5.78 Å². The summed E-state index contributed by atoms with van der Waals surface area (Å²) >= 11 is 1.76. The number of fused-ring (bicyclic) bond motifs is 2. The highest BCUT2D eigenvalue weighted by atomic mass is 32.1. The summed E-state index contributed by atoms with van der Waals surface area (Å²) in [6, 6.07) is 4.22. The van der Waals surface area contributed by atoms with Crippen LogP contribution in [-0.4, -0.2) is 19.6 Å². The van der Waals surface area contributed by atoms with Crippen molar-refractivity contribution < 1.29 is 0 Å². The molecule has 1 aliphatic rings. The fourth-order valence-corrected chi connectivity index (χ4v) is 3.39. The van der Waals surface area contributed by atoms with Gasteiger partial charge in [0.2, 0.25) is 0 Å². The van der Waals surface area contributed by atoms with E-state index in [1.54, 1.807) is 11.3 Å². The number of thiophene rings is 1. The number of aryl methyl sites for hydroxylation is 2. The van der Waals surface area contributed by atoms with Crippen molar-refractivity contribution in [2.45, 2.75) is 32.7 Å². The van der Waals surface area contributed by atoms with Crippen LogP contribution in [0.25, 0.3) is 5.78 Å². The first-order valence-electron chi connectivity index (χ1n) is 6.82. The Morgan fingerprint density at radius 1 is 1.35 bits per heavy atom. The van der Waals surface area contributed by atoms with Crippen molar-refractivity contribution in [3.8, 4) is 0 Å². The highest BCUT2D eigenvalue weighted by molar-refractivity contribution is 7.09. The van der Waals surface area contributed by atoms with Crippen LogP contribution in [0.3, 0.4) is 0 Å². The van der Waals surface area contributed by atoms with E-state index in [4.69, 9.17) is 0 Å². The second-order valence-electron chi connectivity index (χ2n) is 5.04. The molecule has 0 saturated carbocycles. The fraction of sp³-hybridized carbons (Fsp3) is 0.357. The lowest BCUT2D eigenvalue weighted by Gasteiger charge is -2.11. The zero-order chi connectivity index (χ0) is 13.5. The Kier molecular flexibility index (Phi) is 2.70. The van der Waals surface area contributed by atoms with Crippen LogP contribution in [0.5, 0.6) is 0 Å². The quantitative estimate of drug-likeness (QED) is 0.803. The first kappa shape index (κ1) is 11.8. The predicted octanol–water partition coefficient (Wildman–Crippen LogP) is 2.60. The van der Waals surface area contributed by atoms with Gasteiger partial charge in [0.15, 0.2) is 0 Å². The average molecular weight is 285 g/mol. The van der Waals surface area contributed by atoms with Crippen molar-refractivity contribution >= 4 is 22.9 Å². The highest BCUT2D eigenvalue weighted by Gasteiger charge is 2.21. The lowest BCUT2D eigenvalue weighted by Crippen LogP contribution is -2.09. The minimum atomic E-state index is 0.705. The Labute approximate surface area is 120 Å². The third-order valence-corrected chi connectivity index (χ3v) is 4.50. The standard InChI is InChI=1S/C14H15N5S/c1-9-16-14-17-12-6-2-5-11(12)13(19(14)18-9)15-8-10-4-3-7-20-10/h3-4,7,15H,2,5-6,8H2,1H3. The number of hydrogen-bond donors (Lipinski definition) is 1. The molecular formula is C14H15N5S. The van der Waals surface area contributed by atoms with Crippen LogP contribution in [0, 0.1) is 6.92 Å². The third kappa shape index (κ3) is 1.87. The van der Waals surface area contributed by atoms with Crippen LogP contribution in [0.2, 0.25) is 0 Å². The second-order valence-corrected chi connectivity index (χ2v) is 6.08. The molecule has 6 heteroatoms. The topological polar surface area (TPSA) is 55.1 Å². The molecule has 4 rings (SSSR count). The minimum Gasteiger partial charge on any atom is -0.365 e. The van der Waals surface area contributed by atoms with Gasteiger partial charge in [-0.2, -0.15) is 9.50 Å². The third-order valence-electron chi connectivity index (χ3n) is 3.63. The van der Waals surface area contributed by atoms with Crippen LogP contribution in [-0.2, 0) is 19.4 Å². The van der Waals surface area contributed by atoms with Crippen molar-refractivity contribution in [3.05, 3.63) is 39.5 Å². The van der Waals surface area contributed by atoms with Crippen molar-refractivity contribution in [2.24, 2.45) is 0 Å². The summed E-state index contributed by atoms with van der Waals surface area (Å²) < 4.78 is 1.85. The predicted molar refractivity (Wildman–Crippen MR) is 79.2 cm³/mol. The maximum absolute atomic E-state index is 4.63. The molecule has 5 nitrogen and oxygen atoms in total. The zero-order valence-electron chi connectivity index (χ0n) is 11.3.